The number of unbranched alkanes of at least 4 members (excludes halogenated alkanes) is 7. The fourth-order valence-corrected chi connectivity index (χ4v) is 4.01. The summed E-state index contributed by atoms with van der Waals surface area (Å²) >= 11 is 1.54. The molecule has 1 saturated heterocycles. The summed E-state index contributed by atoms with van der Waals surface area (Å²) in [6.07, 6.45) is 8.78. The van der Waals surface area contributed by atoms with E-state index >= 15 is 0 Å². The lowest BCUT2D eigenvalue weighted by atomic mass is 10.1. The Morgan fingerprint density at radius 1 is 1.07 bits per heavy atom. The summed E-state index contributed by atoms with van der Waals surface area (Å²) in [5.74, 6) is -0.782. The molecule has 0 aliphatic carbocycles. The highest BCUT2D eigenvalue weighted by molar-refractivity contribution is 7.09. The number of aliphatic carboxylic acids is 1. The number of carbonyl (C=O) groups excluding carboxylic acids is 1. The zero-order valence-electron chi connectivity index (χ0n) is 16.7. The zero-order valence-corrected chi connectivity index (χ0v) is 17.5. The van der Waals surface area contributed by atoms with Crippen LogP contribution in [0.2, 0.25) is 0 Å². The molecule has 158 valence electrons. The van der Waals surface area contributed by atoms with Crippen molar-refractivity contribution in [1.29, 1.82) is 0 Å². The van der Waals surface area contributed by atoms with Gasteiger partial charge in [0.05, 0.1) is 19.8 Å². The molecule has 1 aliphatic heterocycles. The van der Waals surface area contributed by atoms with Crippen molar-refractivity contribution in [1.82, 2.24) is 15.2 Å². The number of ether oxygens (including phenoxy) is 1. The standard InChI is InChI=1S/C20H33N3O4S/c24-19(25)9-7-5-3-1-2-4-6-8-10-21-20(26)17-16-28-18(22-17)15-23-11-13-27-14-12-23/h16H,1-15H2,(H,21,26)(H,24,25). The van der Waals surface area contributed by atoms with Gasteiger partial charge in [-0.05, 0) is 12.8 Å². The van der Waals surface area contributed by atoms with Crippen LogP contribution in [0.15, 0.2) is 5.38 Å². The summed E-state index contributed by atoms with van der Waals surface area (Å²) in [5.41, 5.74) is 0.523. The van der Waals surface area contributed by atoms with Gasteiger partial charge in [-0.2, -0.15) is 0 Å². The molecule has 1 aromatic rings. The summed E-state index contributed by atoms with van der Waals surface area (Å²) in [7, 11) is 0. The second-order valence-corrected chi connectivity index (χ2v) is 8.19. The van der Waals surface area contributed by atoms with Gasteiger partial charge >= 0.3 is 5.97 Å². The molecule has 8 heteroatoms. The van der Waals surface area contributed by atoms with Gasteiger partial charge in [0, 0.05) is 31.4 Å². The Balaban J connectivity index is 1.47. The normalized spacial score (nSPS) is 14.9. The van der Waals surface area contributed by atoms with Gasteiger partial charge in [0.2, 0.25) is 0 Å². The molecule has 0 saturated carbocycles. The molecule has 0 atom stereocenters. The summed E-state index contributed by atoms with van der Waals surface area (Å²) in [5, 5.41) is 14.4. The van der Waals surface area contributed by atoms with Crippen LogP contribution in [0.3, 0.4) is 0 Å². The van der Waals surface area contributed by atoms with Crippen LogP contribution in [0.5, 0.6) is 0 Å². The van der Waals surface area contributed by atoms with E-state index in [0.29, 0.717) is 12.2 Å². The fourth-order valence-electron chi connectivity index (χ4n) is 3.19. The molecular weight excluding hydrogens is 378 g/mol. The van der Waals surface area contributed by atoms with Crippen molar-refractivity contribution in [3.63, 3.8) is 0 Å². The van der Waals surface area contributed by atoms with E-state index in [-0.39, 0.29) is 12.3 Å². The summed E-state index contributed by atoms with van der Waals surface area (Å²) in [6.45, 7) is 4.85. The van der Waals surface area contributed by atoms with E-state index in [1.807, 2.05) is 5.38 Å². The predicted octanol–water partition coefficient (Wildman–Crippen LogP) is 3.30. The van der Waals surface area contributed by atoms with E-state index in [1.54, 1.807) is 11.3 Å². The number of nitrogens with one attached hydrogen (secondary N) is 1. The number of rotatable bonds is 14. The molecule has 28 heavy (non-hydrogen) atoms. The van der Waals surface area contributed by atoms with E-state index in [1.165, 1.54) is 6.42 Å². The molecule has 0 aromatic carbocycles. The number of thiazole rings is 1. The van der Waals surface area contributed by atoms with Crippen LogP contribution < -0.4 is 5.32 Å². The molecule has 2 heterocycles. The van der Waals surface area contributed by atoms with Gasteiger partial charge in [0.25, 0.3) is 5.91 Å². The third kappa shape index (κ3) is 9.61. The van der Waals surface area contributed by atoms with Crippen LogP contribution in [0.1, 0.15) is 73.3 Å². The Labute approximate surface area is 171 Å². The Morgan fingerprint density at radius 2 is 1.71 bits per heavy atom. The van der Waals surface area contributed by atoms with Crippen molar-refractivity contribution < 1.29 is 19.4 Å². The molecule has 1 amide bonds. The summed E-state index contributed by atoms with van der Waals surface area (Å²) in [6, 6.07) is 0. The average molecular weight is 412 g/mol. The molecule has 0 spiro atoms. The van der Waals surface area contributed by atoms with Crippen molar-refractivity contribution in [2.24, 2.45) is 0 Å². The SMILES string of the molecule is O=C(O)CCCCCCCCCCNC(=O)c1csc(CN2CCOCC2)n1. The smallest absolute Gasteiger partial charge is 0.303 e. The molecular formula is C20H33N3O4S. The molecule has 0 radical (unpaired) electrons. The third-order valence-electron chi connectivity index (χ3n) is 4.85. The molecule has 7 nitrogen and oxygen atoms in total. The Hall–Kier alpha value is -1.51. The number of carbonyl (C=O) groups is 2. The average Bonchev–Trinajstić information content (AvgIpc) is 3.15. The van der Waals surface area contributed by atoms with E-state index in [2.05, 4.69) is 15.2 Å². The van der Waals surface area contributed by atoms with Crippen molar-refractivity contribution in [3.8, 4) is 0 Å². The predicted molar refractivity (Wildman–Crippen MR) is 110 cm³/mol. The largest absolute Gasteiger partial charge is 0.481 e. The molecule has 1 aliphatic rings. The van der Waals surface area contributed by atoms with Crippen LogP contribution >= 0.6 is 11.3 Å². The maximum atomic E-state index is 12.2. The Kier molecular flexibility index (Phi) is 11.1. The molecule has 0 bridgehead atoms. The van der Waals surface area contributed by atoms with Gasteiger partial charge in [-0.1, -0.05) is 38.5 Å². The van der Waals surface area contributed by atoms with Gasteiger partial charge in [0.1, 0.15) is 10.7 Å². The lowest BCUT2D eigenvalue weighted by Crippen LogP contribution is -2.35. The first-order valence-corrected chi connectivity index (χ1v) is 11.3. The van der Waals surface area contributed by atoms with Crippen molar-refractivity contribution in [3.05, 3.63) is 16.1 Å². The Morgan fingerprint density at radius 3 is 2.39 bits per heavy atom. The number of aromatic nitrogens is 1. The van der Waals surface area contributed by atoms with Crippen LogP contribution in [-0.4, -0.2) is 59.7 Å². The number of carboxylic acid groups (broad SMARTS) is 1. The highest BCUT2D eigenvalue weighted by Crippen LogP contribution is 2.14. The van der Waals surface area contributed by atoms with Gasteiger partial charge in [-0.15, -0.1) is 11.3 Å². The van der Waals surface area contributed by atoms with E-state index in [9.17, 15) is 9.59 Å². The number of nitrogens with zero attached hydrogens (tertiary/aromatic N) is 2. The van der Waals surface area contributed by atoms with Crippen molar-refractivity contribution >= 4 is 23.2 Å². The zero-order chi connectivity index (χ0) is 20.0. The Bertz CT molecular complexity index is 588. The minimum Gasteiger partial charge on any atom is -0.481 e. The van der Waals surface area contributed by atoms with Crippen LogP contribution in [0.4, 0.5) is 0 Å². The monoisotopic (exact) mass is 411 g/mol. The van der Waals surface area contributed by atoms with Crippen LogP contribution in [0, 0.1) is 0 Å². The maximum Gasteiger partial charge on any atom is 0.303 e. The number of hydrogen-bond donors (Lipinski definition) is 2. The molecule has 1 aromatic heterocycles. The molecule has 1 fully saturated rings. The molecule has 2 N–H and O–H groups in total. The first-order chi connectivity index (χ1) is 13.6. The van der Waals surface area contributed by atoms with Gasteiger partial charge in [-0.3, -0.25) is 14.5 Å². The highest BCUT2D eigenvalue weighted by atomic mass is 32.1. The lowest BCUT2D eigenvalue weighted by molar-refractivity contribution is -0.137. The van der Waals surface area contributed by atoms with E-state index in [0.717, 1.165) is 82.8 Å². The number of amides is 1. The summed E-state index contributed by atoms with van der Waals surface area (Å²) in [4.78, 5) is 29.4. The van der Waals surface area contributed by atoms with Crippen molar-refractivity contribution in [2.45, 2.75) is 64.3 Å². The number of morpholine rings is 1. The number of hydrogen-bond acceptors (Lipinski definition) is 6. The second kappa shape index (κ2) is 13.6. The molecule has 0 unspecified atom stereocenters. The topological polar surface area (TPSA) is 91.8 Å². The first kappa shape index (κ1) is 22.8. The maximum absolute atomic E-state index is 12.2. The first-order valence-electron chi connectivity index (χ1n) is 10.4. The molecule has 2 rings (SSSR count). The van der Waals surface area contributed by atoms with E-state index < -0.39 is 5.97 Å². The fraction of sp³-hybridized carbons (Fsp3) is 0.750. The third-order valence-corrected chi connectivity index (χ3v) is 5.68. The summed E-state index contributed by atoms with van der Waals surface area (Å²) < 4.78 is 5.35. The van der Waals surface area contributed by atoms with Crippen LogP contribution in [0.25, 0.3) is 0 Å². The number of carboxylic acids is 1. The van der Waals surface area contributed by atoms with E-state index in [4.69, 9.17) is 9.84 Å². The minimum atomic E-state index is -0.701. The quantitative estimate of drug-likeness (QED) is 0.457. The van der Waals surface area contributed by atoms with Crippen LogP contribution in [-0.2, 0) is 16.1 Å². The lowest BCUT2D eigenvalue weighted by Gasteiger charge is -2.25. The highest BCUT2D eigenvalue weighted by Gasteiger charge is 2.15. The van der Waals surface area contributed by atoms with Gasteiger partial charge < -0.3 is 15.2 Å². The van der Waals surface area contributed by atoms with Gasteiger partial charge in [-0.25, -0.2) is 4.98 Å². The van der Waals surface area contributed by atoms with Crippen molar-refractivity contribution in [2.75, 3.05) is 32.8 Å². The minimum absolute atomic E-state index is 0.0806. The second-order valence-electron chi connectivity index (χ2n) is 7.24. The van der Waals surface area contributed by atoms with Gasteiger partial charge in [0.15, 0.2) is 0 Å².